The minimum absolute atomic E-state index is 0.0348. The Hall–Kier alpha value is -0.650. The van der Waals surface area contributed by atoms with E-state index in [0.29, 0.717) is 25.9 Å². The van der Waals surface area contributed by atoms with Crippen LogP contribution in [-0.4, -0.2) is 52.9 Å². The van der Waals surface area contributed by atoms with Crippen LogP contribution in [0.5, 0.6) is 0 Å². The molecule has 0 aromatic heterocycles. The van der Waals surface area contributed by atoms with Crippen molar-refractivity contribution in [2.75, 3.05) is 19.7 Å². The summed E-state index contributed by atoms with van der Waals surface area (Å²) in [6.07, 6.45) is 3.24. The first-order valence-electron chi connectivity index (χ1n) is 5.97. The molecule has 4 N–H and O–H groups in total. The van der Waals surface area contributed by atoms with E-state index in [1.165, 1.54) is 0 Å². The van der Waals surface area contributed by atoms with Crippen LogP contribution in [0.15, 0.2) is 0 Å². The van der Waals surface area contributed by atoms with E-state index >= 15 is 0 Å². The molecular weight excluding hydrogens is 208 g/mol. The van der Waals surface area contributed by atoms with Crippen molar-refractivity contribution in [2.45, 2.75) is 44.2 Å². The quantitative estimate of drug-likeness (QED) is 0.535. The SMILES string of the molecule is NCCCCCC(=O)N1C[C@H](O)CC1CO. The van der Waals surface area contributed by atoms with Gasteiger partial charge in [-0.15, -0.1) is 0 Å². The molecule has 1 saturated heterocycles. The number of aliphatic hydroxyl groups excluding tert-OH is 2. The van der Waals surface area contributed by atoms with Crippen LogP contribution >= 0.6 is 0 Å². The summed E-state index contributed by atoms with van der Waals surface area (Å²) in [7, 11) is 0. The average Bonchev–Trinajstić information content (AvgIpc) is 2.65. The number of nitrogens with two attached hydrogens (primary N) is 1. The number of rotatable bonds is 6. The second-order valence-electron chi connectivity index (χ2n) is 4.37. The first-order chi connectivity index (χ1) is 7.69. The lowest BCUT2D eigenvalue weighted by molar-refractivity contribution is -0.133. The van der Waals surface area contributed by atoms with Gasteiger partial charge in [-0.3, -0.25) is 4.79 Å². The lowest BCUT2D eigenvalue weighted by atomic mass is 10.1. The van der Waals surface area contributed by atoms with Crippen molar-refractivity contribution in [3.63, 3.8) is 0 Å². The first kappa shape index (κ1) is 13.4. The maximum Gasteiger partial charge on any atom is 0.222 e. The topological polar surface area (TPSA) is 86.8 Å². The monoisotopic (exact) mass is 230 g/mol. The van der Waals surface area contributed by atoms with E-state index in [4.69, 9.17) is 10.8 Å². The minimum atomic E-state index is -0.481. The number of carbonyl (C=O) groups is 1. The van der Waals surface area contributed by atoms with Crippen LogP contribution in [0.4, 0.5) is 0 Å². The molecule has 0 radical (unpaired) electrons. The maximum atomic E-state index is 11.8. The summed E-state index contributed by atoms with van der Waals surface area (Å²) in [5.74, 6) is 0.0348. The van der Waals surface area contributed by atoms with Crippen LogP contribution < -0.4 is 5.73 Å². The van der Waals surface area contributed by atoms with E-state index in [1.54, 1.807) is 4.90 Å². The minimum Gasteiger partial charge on any atom is -0.394 e. The highest BCUT2D eigenvalue weighted by Gasteiger charge is 2.33. The molecule has 1 heterocycles. The van der Waals surface area contributed by atoms with Gasteiger partial charge in [-0.1, -0.05) is 6.42 Å². The number of carbonyl (C=O) groups excluding carboxylic acids is 1. The van der Waals surface area contributed by atoms with E-state index in [0.717, 1.165) is 19.3 Å². The molecule has 5 nitrogen and oxygen atoms in total. The lowest BCUT2D eigenvalue weighted by Gasteiger charge is -2.22. The molecule has 16 heavy (non-hydrogen) atoms. The Labute approximate surface area is 96.2 Å². The van der Waals surface area contributed by atoms with Gasteiger partial charge in [0.25, 0.3) is 0 Å². The summed E-state index contributed by atoms with van der Waals surface area (Å²) >= 11 is 0. The summed E-state index contributed by atoms with van der Waals surface area (Å²) in [4.78, 5) is 13.4. The van der Waals surface area contributed by atoms with Gasteiger partial charge in [0.15, 0.2) is 0 Å². The van der Waals surface area contributed by atoms with Gasteiger partial charge in [0.05, 0.1) is 18.8 Å². The molecule has 94 valence electrons. The van der Waals surface area contributed by atoms with Gasteiger partial charge in [-0.05, 0) is 25.8 Å². The number of β-amino-alcohol motifs (C(OH)–C–C–N with tert-alkyl or cyclic N) is 1. The molecule has 0 saturated carbocycles. The van der Waals surface area contributed by atoms with Gasteiger partial charge in [0.2, 0.25) is 5.91 Å². The fourth-order valence-corrected chi connectivity index (χ4v) is 2.11. The van der Waals surface area contributed by atoms with Gasteiger partial charge >= 0.3 is 0 Å². The fraction of sp³-hybridized carbons (Fsp3) is 0.909. The van der Waals surface area contributed by atoms with Gasteiger partial charge in [0, 0.05) is 13.0 Å². The molecule has 0 bridgehead atoms. The molecule has 0 spiro atoms. The molecule has 1 aliphatic heterocycles. The Kier molecular flexibility index (Phi) is 5.73. The third-order valence-electron chi connectivity index (χ3n) is 3.02. The van der Waals surface area contributed by atoms with E-state index in [2.05, 4.69) is 0 Å². The zero-order valence-electron chi connectivity index (χ0n) is 9.64. The average molecular weight is 230 g/mol. The van der Waals surface area contributed by atoms with Crippen molar-refractivity contribution in [1.29, 1.82) is 0 Å². The van der Waals surface area contributed by atoms with Crippen LogP contribution in [-0.2, 0) is 4.79 Å². The molecule has 0 aliphatic carbocycles. The number of hydrogen-bond donors (Lipinski definition) is 3. The number of unbranched alkanes of at least 4 members (excludes halogenated alkanes) is 2. The molecule has 1 amide bonds. The summed E-state index contributed by atoms with van der Waals surface area (Å²) in [5.41, 5.74) is 5.37. The van der Waals surface area contributed by atoms with Crippen LogP contribution in [0.2, 0.25) is 0 Å². The maximum absolute atomic E-state index is 11.8. The molecule has 1 aliphatic rings. The fourth-order valence-electron chi connectivity index (χ4n) is 2.11. The van der Waals surface area contributed by atoms with E-state index in [1.807, 2.05) is 0 Å². The molecule has 0 aromatic rings. The van der Waals surface area contributed by atoms with Crippen LogP contribution in [0.25, 0.3) is 0 Å². The number of likely N-dealkylation sites (tertiary alicyclic amines) is 1. The van der Waals surface area contributed by atoms with E-state index < -0.39 is 6.10 Å². The van der Waals surface area contributed by atoms with Gasteiger partial charge in [0.1, 0.15) is 0 Å². The van der Waals surface area contributed by atoms with Gasteiger partial charge < -0.3 is 20.8 Å². The number of amides is 1. The summed E-state index contributed by atoms with van der Waals surface area (Å²) < 4.78 is 0. The number of hydrogen-bond acceptors (Lipinski definition) is 4. The van der Waals surface area contributed by atoms with Crippen molar-refractivity contribution in [3.05, 3.63) is 0 Å². The van der Waals surface area contributed by atoms with Crippen molar-refractivity contribution < 1.29 is 15.0 Å². The highest BCUT2D eigenvalue weighted by molar-refractivity contribution is 5.76. The van der Waals surface area contributed by atoms with Crippen molar-refractivity contribution in [3.8, 4) is 0 Å². The summed E-state index contributed by atoms with van der Waals surface area (Å²) in [5, 5.41) is 18.5. The van der Waals surface area contributed by atoms with Crippen molar-refractivity contribution in [1.82, 2.24) is 4.90 Å². The van der Waals surface area contributed by atoms with E-state index in [9.17, 15) is 9.90 Å². The van der Waals surface area contributed by atoms with Crippen molar-refractivity contribution >= 4 is 5.91 Å². The Morgan fingerprint density at radius 1 is 1.38 bits per heavy atom. The predicted molar refractivity (Wildman–Crippen MR) is 60.7 cm³/mol. The lowest BCUT2D eigenvalue weighted by Crippen LogP contribution is -2.37. The molecule has 2 atom stereocenters. The zero-order chi connectivity index (χ0) is 12.0. The third-order valence-corrected chi connectivity index (χ3v) is 3.02. The largest absolute Gasteiger partial charge is 0.394 e. The molecule has 1 rings (SSSR count). The second kappa shape index (κ2) is 6.83. The highest BCUT2D eigenvalue weighted by Crippen LogP contribution is 2.19. The Balaban J connectivity index is 2.29. The van der Waals surface area contributed by atoms with E-state index in [-0.39, 0.29) is 18.6 Å². The smallest absolute Gasteiger partial charge is 0.222 e. The van der Waals surface area contributed by atoms with Gasteiger partial charge in [-0.2, -0.15) is 0 Å². The molecule has 1 fully saturated rings. The molecule has 0 aromatic carbocycles. The summed E-state index contributed by atoms with van der Waals surface area (Å²) in [6, 6.07) is -0.197. The number of nitrogens with zero attached hydrogens (tertiary/aromatic N) is 1. The second-order valence-corrected chi connectivity index (χ2v) is 4.37. The Morgan fingerprint density at radius 3 is 2.75 bits per heavy atom. The standard InChI is InChI=1S/C11H22N2O3/c12-5-3-1-2-4-11(16)13-7-10(15)6-9(13)8-14/h9-10,14-15H,1-8,12H2/t9?,10-/m1/s1. The van der Waals surface area contributed by atoms with Gasteiger partial charge in [-0.25, -0.2) is 0 Å². The number of aliphatic hydroxyl groups is 2. The Bertz CT molecular complexity index is 223. The molecular formula is C11H22N2O3. The molecule has 5 heteroatoms. The van der Waals surface area contributed by atoms with Crippen LogP contribution in [0.1, 0.15) is 32.1 Å². The molecule has 1 unspecified atom stereocenters. The van der Waals surface area contributed by atoms with Crippen molar-refractivity contribution in [2.24, 2.45) is 5.73 Å². The normalized spacial score (nSPS) is 25.1. The summed E-state index contributed by atoms with van der Waals surface area (Å²) in [6.45, 7) is 0.961. The predicted octanol–water partition coefficient (Wildman–Crippen LogP) is -0.540. The zero-order valence-corrected chi connectivity index (χ0v) is 9.64. The van der Waals surface area contributed by atoms with Crippen LogP contribution in [0, 0.1) is 0 Å². The van der Waals surface area contributed by atoms with Crippen LogP contribution in [0.3, 0.4) is 0 Å². The first-order valence-corrected chi connectivity index (χ1v) is 5.97. The third kappa shape index (κ3) is 3.73. The Morgan fingerprint density at radius 2 is 2.12 bits per heavy atom. The highest BCUT2D eigenvalue weighted by atomic mass is 16.3.